The molecule has 1 rings (SSSR count). The van der Waals surface area contributed by atoms with Gasteiger partial charge in [-0.15, -0.1) is 0 Å². The Kier molecular flexibility index (Phi) is 14.9. The Morgan fingerprint density at radius 2 is 1.32 bits per heavy atom. The number of carbonyl (C=O) groups is 4. The Morgan fingerprint density at radius 1 is 0.775 bits per heavy atom. The third kappa shape index (κ3) is 11.3. The van der Waals surface area contributed by atoms with Crippen LogP contribution in [0.5, 0.6) is 11.5 Å². The molecule has 0 amide bonds. The van der Waals surface area contributed by atoms with E-state index in [1.807, 2.05) is 41.5 Å². The van der Waals surface area contributed by atoms with Crippen molar-refractivity contribution in [2.75, 3.05) is 13.7 Å². The van der Waals surface area contributed by atoms with Crippen molar-refractivity contribution in [1.29, 1.82) is 0 Å². The van der Waals surface area contributed by atoms with Crippen LogP contribution < -0.4 is 14.8 Å². The molecule has 40 heavy (non-hydrogen) atoms. The lowest BCUT2D eigenvalue weighted by molar-refractivity contribution is -0.153. The molecule has 0 aliphatic rings. The highest BCUT2D eigenvalue weighted by Gasteiger charge is 2.26. The maximum absolute atomic E-state index is 12.8. The summed E-state index contributed by atoms with van der Waals surface area (Å²) >= 11 is 0. The maximum atomic E-state index is 12.8. The number of benzene rings is 1. The normalized spacial score (nSPS) is 15.1. The van der Waals surface area contributed by atoms with E-state index in [0.717, 1.165) is 12.8 Å². The first kappa shape index (κ1) is 35.1. The summed E-state index contributed by atoms with van der Waals surface area (Å²) in [7, 11) is 1.30. The quantitative estimate of drug-likeness (QED) is 0.216. The van der Waals surface area contributed by atoms with Gasteiger partial charge in [0.2, 0.25) is 0 Å². The molecule has 0 spiro atoms. The molecule has 1 aromatic rings. The van der Waals surface area contributed by atoms with E-state index < -0.39 is 30.1 Å². The summed E-state index contributed by atoms with van der Waals surface area (Å²) in [6.07, 6.45) is 1.36. The van der Waals surface area contributed by atoms with Gasteiger partial charge < -0.3 is 24.3 Å². The molecule has 9 nitrogen and oxygen atoms in total. The lowest BCUT2D eigenvalue weighted by atomic mass is 9.98. The molecule has 1 N–H and O–H groups in total. The average Bonchev–Trinajstić information content (AvgIpc) is 2.90. The largest absolute Gasteiger partial charge is 0.468 e. The first-order valence-electron chi connectivity index (χ1n) is 14.3. The third-order valence-corrected chi connectivity index (χ3v) is 7.19. The molecule has 226 valence electrons. The summed E-state index contributed by atoms with van der Waals surface area (Å²) in [6, 6.07) is 4.11. The molecule has 4 unspecified atom stereocenters. The monoisotopic (exact) mass is 563 g/mol. The van der Waals surface area contributed by atoms with Crippen LogP contribution in [0.15, 0.2) is 18.2 Å². The highest BCUT2D eigenvalue weighted by molar-refractivity contribution is 5.79. The average molecular weight is 564 g/mol. The molecule has 0 bridgehead atoms. The first-order chi connectivity index (χ1) is 18.7. The maximum Gasteiger partial charge on any atom is 0.323 e. The van der Waals surface area contributed by atoms with Gasteiger partial charge in [0.05, 0.1) is 24.9 Å². The van der Waals surface area contributed by atoms with Gasteiger partial charge in [-0.2, -0.15) is 0 Å². The van der Waals surface area contributed by atoms with Crippen LogP contribution >= 0.6 is 0 Å². The standard InChI is InChI=1S/C31H49NO8/c1-11-12-20(6)28(33)38-21(7)17-32-25(31(36)37-10)15-24-13-14-26(39-29(34)22(8)18(2)3)27(16-24)40-30(35)23(9)19(4)5/h13-14,16,18-23,25,32H,11-12,15,17H2,1-10H3/t20?,21?,22?,23?,25-/m0/s1. The summed E-state index contributed by atoms with van der Waals surface area (Å²) in [4.78, 5) is 50.3. The van der Waals surface area contributed by atoms with Crippen molar-refractivity contribution in [2.24, 2.45) is 29.6 Å². The van der Waals surface area contributed by atoms with Gasteiger partial charge in [0.1, 0.15) is 12.1 Å². The molecule has 5 atom stereocenters. The first-order valence-corrected chi connectivity index (χ1v) is 14.3. The number of hydrogen-bond donors (Lipinski definition) is 1. The van der Waals surface area contributed by atoms with Crippen molar-refractivity contribution in [2.45, 2.75) is 93.7 Å². The molecule has 0 saturated heterocycles. The van der Waals surface area contributed by atoms with Gasteiger partial charge in [0.25, 0.3) is 0 Å². The summed E-state index contributed by atoms with van der Waals surface area (Å²) in [5.74, 6) is -2.21. The van der Waals surface area contributed by atoms with E-state index >= 15 is 0 Å². The summed E-state index contributed by atoms with van der Waals surface area (Å²) < 4.78 is 21.8. The van der Waals surface area contributed by atoms with Gasteiger partial charge in [-0.25, -0.2) is 0 Å². The summed E-state index contributed by atoms with van der Waals surface area (Å²) in [5, 5.41) is 3.12. The second kappa shape index (κ2) is 17.0. The number of esters is 4. The van der Waals surface area contributed by atoms with Crippen LogP contribution in [-0.4, -0.2) is 49.7 Å². The van der Waals surface area contributed by atoms with Crippen molar-refractivity contribution in [3.63, 3.8) is 0 Å². The minimum Gasteiger partial charge on any atom is -0.468 e. The SMILES string of the molecule is CCCC(C)C(=O)OC(C)CN[C@@H](Cc1ccc(OC(=O)C(C)C(C)C)c(OC(=O)C(C)C(C)C)c1)C(=O)OC. The lowest BCUT2D eigenvalue weighted by Gasteiger charge is -2.22. The van der Waals surface area contributed by atoms with Crippen molar-refractivity contribution in [1.82, 2.24) is 5.32 Å². The highest BCUT2D eigenvalue weighted by atomic mass is 16.6. The smallest absolute Gasteiger partial charge is 0.323 e. The van der Waals surface area contributed by atoms with Gasteiger partial charge in [-0.3, -0.25) is 19.2 Å². The molecular formula is C31H49NO8. The Hall–Kier alpha value is -2.94. The molecule has 0 aliphatic heterocycles. The minimum atomic E-state index is -0.758. The number of carbonyl (C=O) groups excluding carboxylic acids is 4. The number of rotatable bonds is 16. The third-order valence-electron chi connectivity index (χ3n) is 7.19. The zero-order chi connectivity index (χ0) is 30.6. The second-order valence-corrected chi connectivity index (χ2v) is 11.3. The molecule has 0 heterocycles. The number of nitrogens with one attached hydrogen (secondary N) is 1. The van der Waals surface area contributed by atoms with Crippen molar-refractivity contribution < 1.29 is 38.1 Å². The van der Waals surface area contributed by atoms with Gasteiger partial charge >= 0.3 is 23.9 Å². The van der Waals surface area contributed by atoms with Crippen LogP contribution in [0.4, 0.5) is 0 Å². The van der Waals surface area contributed by atoms with Crippen molar-refractivity contribution in [3.8, 4) is 11.5 Å². The van der Waals surface area contributed by atoms with E-state index in [9.17, 15) is 19.2 Å². The van der Waals surface area contributed by atoms with E-state index in [1.54, 1.807) is 39.0 Å². The predicted octanol–water partition coefficient (Wildman–Crippen LogP) is 5.12. The molecule has 0 aromatic heterocycles. The Morgan fingerprint density at radius 3 is 1.82 bits per heavy atom. The highest BCUT2D eigenvalue weighted by Crippen LogP contribution is 2.31. The van der Waals surface area contributed by atoms with Gasteiger partial charge in [0.15, 0.2) is 11.5 Å². The van der Waals surface area contributed by atoms with Crippen LogP contribution in [0, 0.1) is 29.6 Å². The van der Waals surface area contributed by atoms with E-state index in [-0.39, 0.29) is 60.0 Å². The van der Waals surface area contributed by atoms with E-state index in [0.29, 0.717) is 5.56 Å². The molecule has 9 heteroatoms. The lowest BCUT2D eigenvalue weighted by Crippen LogP contribution is -2.43. The fourth-order valence-corrected chi connectivity index (χ4v) is 3.62. The zero-order valence-electron chi connectivity index (χ0n) is 25.9. The van der Waals surface area contributed by atoms with Crippen LogP contribution in [-0.2, 0) is 35.1 Å². The van der Waals surface area contributed by atoms with Gasteiger partial charge in [-0.05, 0) is 49.3 Å². The molecule has 0 radical (unpaired) electrons. The second-order valence-electron chi connectivity index (χ2n) is 11.3. The van der Waals surface area contributed by atoms with Crippen LogP contribution in [0.25, 0.3) is 0 Å². The molecular weight excluding hydrogens is 514 g/mol. The molecule has 0 aliphatic carbocycles. The Balaban J connectivity index is 3.15. The Bertz CT molecular complexity index is 990. The van der Waals surface area contributed by atoms with Crippen LogP contribution in [0.3, 0.4) is 0 Å². The topological polar surface area (TPSA) is 117 Å². The number of ether oxygens (including phenoxy) is 4. The number of hydrogen-bond acceptors (Lipinski definition) is 9. The Labute approximate surface area is 239 Å². The summed E-state index contributed by atoms with van der Waals surface area (Å²) in [6.45, 7) is 17.1. The fourth-order valence-electron chi connectivity index (χ4n) is 3.62. The van der Waals surface area contributed by atoms with E-state index in [2.05, 4.69) is 5.32 Å². The van der Waals surface area contributed by atoms with Gasteiger partial charge in [-0.1, -0.05) is 67.9 Å². The van der Waals surface area contributed by atoms with E-state index in [4.69, 9.17) is 18.9 Å². The molecule has 0 saturated carbocycles. The van der Waals surface area contributed by atoms with Crippen molar-refractivity contribution >= 4 is 23.9 Å². The number of methoxy groups -OCH3 is 1. The fraction of sp³-hybridized carbons (Fsp3) is 0.677. The van der Waals surface area contributed by atoms with Crippen molar-refractivity contribution in [3.05, 3.63) is 23.8 Å². The van der Waals surface area contributed by atoms with E-state index in [1.165, 1.54) is 7.11 Å². The summed E-state index contributed by atoms with van der Waals surface area (Å²) in [5.41, 5.74) is 0.654. The predicted molar refractivity (Wildman–Crippen MR) is 153 cm³/mol. The van der Waals surface area contributed by atoms with Crippen LogP contribution in [0.1, 0.15) is 80.7 Å². The van der Waals surface area contributed by atoms with Gasteiger partial charge in [0, 0.05) is 6.54 Å². The van der Waals surface area contributed by atoms with Crippen LogP contribution in [0.2, 0.25) is 0 Å². The molecule has 1 aromatic carbocycles. The minimum absolute atomic E-state index is 0.0524. The molecule has 0 fully saturated rings. The zero-order valence-corrected chi connectivity index (χ0v) is 25.9.